The van der Waals surface area contributed by atoms with Crippen molar-refractivity contribution in [1.82, 2.24) is 5.32 Å². The molecule has 0 bridgehead atoms. The van der Waals surface area contributed by atoms with Gasteiger partial charge in [0, 0.05) is 23.4 Å². The summed E-state index contributed by atoms with van der Waals surface area (Å²) in [6.45, 7) is 2.68. The van der Waals surface area contributed by atoms with Gasteiger partial charge >= 0.3 is 0 Å². The fraction of sp³-hybridized carbons (Fsp3) is 0.500. The Hall–Kier alpha value is -0.420. The average Bonchev–Trinajstić information content (AvgIpc) is 2.32. The van der Waals surface area contributed by atoms with E-state index in [-0.39, 0.29) is 23.6 Å². The summed E-state index contributed by atoms with van der Waals surface area (Å²) in [5.74, 6) is 0.124. The lowest BCUT2D eigenvalue weighted by Gasteiger charge is -2.21. The number of para-hydroxylation sites is 1. The van der Waals surface area contributed by atoms with Crippen LogP contribution in [0.2, 0.25) is 5.02 Å². The van der Waals surface area contributed by atoms with Crippen LogP contribution < -0.4 is 5.32 Å². The van der Waals surface area contributed by atoms with E-state index in [1.54, 1.807) is 17.8 Å². The quantitative estimate of drug-likeness (QED) is 0.745. The predicted molar refractivity (Wildman–Crippen MR) is 73.8 cm³/mol. The van der Waals surface area contributed by atoms with Crippen molar-refractivity contribution in [2.24, 2.45) is 0 Å². The summed E-state index contributed by atoms with van der Waals surface area (Å²) in [6.07, 6.45) is 1.97. The molecule has 3 nitrogen and oxygen atoms in total. The highest BCUT2D eigenvalue weighted by Gasteiger charge is 2.15. The van der Waals surface area contributed by atoms with E-state index < -0.39 is 0 Å². The van der Waals surface area contributed by atoms with Crippen molar-refractivity contribution in [2.45, 2.75) is 24.8 Å². The molecule has 0 spiro atoms. The molecule has 0 heterocycles. The van der Waals surface area contributed by atoms with Gasteiger partial charge in [-0.25, -0.2) is 0 Å². The summed E-state index contributed by atoms with van der Waals surface area (Å²) in [5.41, 5.74) is 0.766. The van der Waals surface area contributed by atoms with Gasteiger partial charge in [-0.2, -0.15) is 11.8 Å². The molecule has 0 aliphatic heterocycles. The Labute approximate surface area is 111 Å². The largest absolute Gasteiger partial charge is 0.506 e. The first-order valence-electron chi connectivity index (χ1n) is 5.43. The van der Waals surface area contributed by atoms with Crippen LogP contribution in [0, 0.1) is 0 Å². The molecule has 0 saturated carbocycles. The first-order chi connectivity index (χ1) is 8.10. The zero-order valence-corrected chi connectivity index (χ0v) is 11.6. The van der Waals surface area contributed by atoms with E-state index in [0.29, 0.717) is 11.6 Å². The number of aliphatic hydroxyl groups excluding tert-OH is 1. The molecule has 0 amide bonds. The number of benzene rings is 1. The molecule has 1 rings (SSSR count). The molecule has 96 valence electrons. The molecule has 0 fully saturated rings. The molecule has 3 N–H and O–H groups in total. The number of aromatic hydroxyl groups is 1. The van der Waals surface area contributed by atoms with Crippen LogP contribution in [0.5, 0.6) is 5.75 Å². The molecule has 0 aromatic heterocycles. The summed E-state index contributed by atoms with van der Waals surface area (Å²) < 4.78 is 0. The molecule has 2 unspecified atom stereocenters. The zero-order chi connectivity index (χ0) is 12.8. The van der Waals surface area contributed by atoms with Gasteiger partial charge < -0.3 is 15.5 Å². The van der Waals surface area contributed by atoms with Crippen molar-refractivity contribution in [3.63, 3.8) is 0 Å². The van der Waals surface area contributed by atoms with Gasteiger partial charge in [-0.05, 0) is 19.2 Å². The minimum absolute atomic E-state index is 0.124. The molecule has 1 aromatic carbocycles. The third-order valence-electron chi connectivity index (χ3n) is 2.73. The number of thioether (sulfide) groups is 1. The Morgan fingerprint density at radius 2 is 2.18 bits per heavy atom. The Morgan fingerprint density at radius 1 is 1.47 bits per heavy atom. The third-order valence-corrected chi connectivity index (χ3v) is 4.19. The Bertz CT molecular complexity index is 358. The second-order valence-electron chi connectivity index (χ2n) is 3.87. The maximum absolute atomic E-state index is 9.74. The van der Waals surface area contributed by atoms with Crippen LogP contribution in [0.1, 0.15) is 12.5 Å². The van der Waals surface area contributed by atoms with Crippen LogP contribution >= 0.6 is 23.4 Å². The monoisotopic (exact) mass is 275 g/mol. The second-order valence-corrected chi connectivity index (χ2v) is 5.36. The second kappa shape index (κ2) is 7.11. The molecule has 2 atom stereocenters. The van der Waals surface area contributed by atoms with Crippen LogP contribution in [0.3, 0.4) is 0 Å². The number of hydrogen-bond acceptors (Lipinski definition) is 4. The van der Waals surface area contributed by atoms with Gasteiger partial charge in [0.2, 0.25) is 0 Å². The molecular weight excluding hydrogens is 258 g/mol. The molecule has 0 radical (unpaired) electrons. The van der Waals surface area contributed by atoms with Gasteiger partial charge in [0.05, 0.1) is 11.6 Å². The zero-order valence-electron chi connectivity index (χ0n) is 9.98. The van der Waals surface area contributed by atoms with Gasteiger partial charge in [-0.15, -0.1) is 0 Å². The number of hydrogen-bond donors (Lipinski definition) is 3. The molecule has 5 heteroatoms. The van der Waals surface area contributed by atoms with E-state index in [4.69, 9.17) is 16.7 Å². The Kier molecular flexibility index (Phi) is 6.12. The van der Waals surface area contributed by atoms with Crippen LogP contribution in [-0.4, -0.2) is 34.4 Å². The summed E-state index contributed by atoms with van der Waals surface area (Å²) >= 11 is 7.44. The van der Waals surface area contributed by atoms with E-state index in [9.17, 15) is 5.11 Å². The van der Waals surface area contributed by atoms with Crippen molar-refractivity contribution < 1.29 is 10.2 Å². The van der Waals surface area contributed by atoms with Crippen LogP contribution in [0.4, 0.5) is 0 Å². The first-order valence-corrected chi connectivity index (χ1v) is 7.10. The Balaban J connectivity index is 2.58. The molecule has 0 aliphatic rings. The summed E-state index contributed by atoms with van der Waals surface area (Å²) in [6, 6.07) is 5.45. The van der Waals surface area contributed by atoms with Gasteiger partial charge in [0.25, 0.3) is 0 Å². The molecule has 0 saturated heterocycles. The van der Waals surface area contributed by atoms with Crippen molar-refractivity contribution >= 4 is 23.4 Å². The predicted octanol–water partition coefficient (Wildman–Crippen LogP) is 2.25. The lowest BCUT2D eigenvalue weighted by Crippen LogP contribution is -2.37. The maximum atomic E-state index is 9.74. The topological polar surface area (TPSA) is 52.5 Å². The van der Waals surface area contributed by atoms with Crippen molar-refractivity contribution in [1.29, 1.82) is 0 Å². The molecule has 1 aromatic rings. The van der Waals surface area contributed by atoms with Gasteiger partial charge in [0.1, 0.15) is 5.75 Å². The number of halogens is 1. The fourth-order valence-electron chi connectivity index (χ4n) is 1.54. The molecular formula is C12H18ClNO2S. The summed E-state index contributed by atoms with van der Waals surface area (Å²) in [7, 11) is 0. The number of nitrogens with one attached hydrogen (secondary N) is 1. The minimum atomic E-state index is 0.124. The average molecular weight is 276 g/mol. The third kappa shape index (κ3) is 4.07. The number of aliphatic hydroxyl groups is 1. The minimum Gasteiger partial charge on any atom is -0.506 e. The van der Waals surface area contributed by atoms with E-state index in [1.807, 2.05) is 25.3 Å². The lowest BCUT2D eigenvalue weighted by molar-refractivity contribution is 0.275. The molecule has 17 heavy (non-hydrogen) atoms. The van der Waals surface area contributed by atoms with Crippen molar-refractivity contribution in [3.8, 4) is 5.75 Å². The smallest absolute Gasteiger partial charge is 0.138 e. The normalized spacial score (nSPS) is 14.6. The van der Waals surface area contributed by atoms with Crippen LogP contribution in [0.25, 0.3) is 0 Å². The van der Waals surface area contributed by atoms with Gasteiger partial charge in [-0.1, -0.05) is 23.7 Å². The number of phenols is 1. The fourth-order valence-corrected chi connectivity index (χ4v) is 2.39. The van der Waals surface area contributed by atoms with Gasteiger partial charge in [0.15, 0.2) is 0 Å². The highest BCUT2D eigenvalue weighted by atomic mass is 35.5. The first kappa shape index (κ1) is 14.6. The summed E-state index contributed by atoms with van der Waals surface area (Å²) in [5, 5.41) is 22.7. The van der Waals surface area contributed by atoms with Crippen molar-refractivity contribution in [3.05, 3.63) is 28.8 Å². The number of phenolic OH excluding ortho intramolecular Hbond substituents is 1. The SMILES string of the molecule is CSC(CO)C(C)NCc1cccc(Cl)c1O. The van der Waals surface area contributed by atoms with Crippen LogP contribution in [0.15, 0.2) is 18.2 Å². The summed E-state index contributed by atoms with van der Waals surface area (Å²) in [4.78, 5) is 0. The van der Waals surface area contributed by atoms with E-state index >= 15 is 0 Å². The lowest BCUT2D eigenvalue weighted by atomic mass is 10.1. The highest BCUT2D eigenvalue weighted by molar-refractivity contribution is 7.99. The van der Waals surface area contributed by atoms with E-state index in [0.717, 1.165) is 5.56 Å². The maximum Gasteiger partial charge on any atom is 0.138 e. The standard InChI is InChI=1S/C12H18ClNO2S/c1-8(11(7-15)17-2)14-6-9-4-3-5-10(13)12(9)16/h3-5,8,11,14-16H,6-7H2,1-2H3. The number of rotatable bonds is 6. The van der Waals surface area contributed by atoms with Crippen molar-refractivity contribution in [2.75, 3.05) is 12.9 Å². The van der Waals surface area contributed by atoms with Gasteiger partial charge in [-0.3, -0.25) is 0 Å². The Morgan fingerprint density at radius 3 is 2.76 bits per heavy atom. The van der Waals surface area contributed by atoms with Crippen LogP contribution in [-0.2, 0) is 6.54 Å². The highest BCUT2D eigenvalue weighted by Crippen LogP contribution is 2.26. The molecule has 0 aliphatic carbocycles. The van der Waals surface area contributed by atoms with E-state index in [2.05, 4.69) is 5.32 Å². The van der Waals surface area contributed by atoms with E-state index in [1.165, 1.54) is 0 Å².